The molecular formula is C10H12N2O3. The minimum Gasteiger partial charge on any atom is -0.464 e. The molecule has 1 saturated carbocycles. The van der Waals surface area contributed by atoms with Gasteiger partial charge in [0.2, 0.25) is 5.69 Å². The van der Waals surface area contributed by atoms with Gasteiger partial charge in [-0.1, -0.05) is 0 Å². The van der Waals surface area contributed by atoms with Gasteiger partial charge in [-0.05, 0) is 18.8 Å². The summed E-state index contributed by atoms with van der Waals surface area (Å²) in [6, 6.07) is 0. The van der Waals surface area contributed by atoms with E-state index in [0.29, 0.717) is 12.5 Å². The summed E-state index contributed by atoms with van der Waals surface area (Å²) < 4.78 is 6.00. The zero-order valence-corrected chi connectivity index (χ0v) is 8.47. The molecule has 5 nitrogen and oxygen atoms in total. The Morgan fingerprint density at radius 3 is 3.00 bits per heavy atom. The molecular weight excluding hydrogens is 196 g/mol. The standard InChI is InChI=1S/C10H12N2O3/c1-15-10(14)8-9(13)12(5-4-11-8)6-7-2-3-7/h4-5,7H,2-3,6H2,1H3. The highest BCUT2D eigenvalue weighted by Gasteiger charge is 2.23. The lowest BCUT2D eigenvalue weighted by atomic mass is 10.4. The number of methoxy groups -OCH3 is 1. The summed E-state index contributed by atoms with van der Waals surface area (Å²) in [5, 5.41) is 0. The Balaban J connectivity index is 2.31. The summed E-state index contributed by atoms with van der Waals surface area (Å²) in [7, 11) is 1.24. The minimum atomic E-state index is -0.676. The SMILES string of the molecule is COC(=O)c1nccn(CC2CC2)c1=O. The first kappa shape index (κ1) is 9.89. The van der Waals surface area contributed by atoms with E-state index in [9.17, 15) is 9.59 Å². The smallest absolute Gasteiger partial charge is 0.362 e. The molecule has 1 fully saturated rings. The Kier molecular flexibility index (Phi) is 2.53. The molecule has 15 heavy (non-hydrogen) atoms. The van der Waals surface area contributed by atoms with Crippen molar-refractivity contribution in [1.29, 1.82) is 0 Å². The summed E-state index contributed by atoms with van der Waals surface area (Å²) in [4.78, 5) is 26.7. The monoisotopic (exact) mass is 208 g/mol. The highest BCUT2D eigenvalue weighted by atomic mass is 16.5. The minimum absolute atomic E-state index is 0.138. The van der Waals surface area contributed by atoms with Crippen LogP contribution in [-0.4, -0.2) is 22.6 Å². The quantitative estimate of drug-likeness (QED) is 0.676. The number of carbonyl (C=O) groups excluding carboxylic acids is 1. The van der Waals surface area contributed by atoms with Crippen LogP contribution in [0.5, 0.6) is 0 Å². The lowest BCUT2D eigenvalue weighted by Gasteiger charge is -2.04. The second kappa shape index (κ2) is 3.84. The average molecular weight is 208 g/mol. The van der Waals surface area contributed by atoms with E-state index in [-0.39, 0.29) is 11.3 Å². The van der Waals surface area contributed by atoms with Crippen molar-refractivity contribution in [3.8, 4) is 0 Å². The van der Waals surface area contributed by atoms with Crippen molar-refractivity contribution in [2.75, 3.05) is 7.11 Å². The molecule has 0 aliphatic heterocycles. The van der Waals surface area contributed by atoms with Crippen LogP contribution < -0.4 is 5.56 Å². The van der Waals surface area contributed by atoms with Crippen LogP contribution in [-0.2, 0) is 11.3 Å². The molecule has 1 aromatic heterocycles. The van der Waals surface area contributed by atoms with Crippen molar-refractivity contribution in [1.82, 2.24) is 9.55 Å². The van der Waals surface area contributed by atoms with Crippen LogP contribution in [0.4, 0.5) is 0 Å². The van der Waals surface area contributed by atoms with Gasteiger partial charge < -0.3 is 9.30 Å². The molecule has 0 radical (unpaired) electrons. The van der Waals surface area contributed by atoms with Crippen LogP contribution in [0.3, 0.4) is 0 Å². The molecule has 0 unspecified atom stereocenters. The maximum absolute atomic E-state index is 11.7. The van der Waals surface area contributed by atoms with Crippen molar-refractivity contribution in [2.45, 2.75) is 19.4 Å². The topological polar surface area (TPSA) is 61.2 Å². The zero-order valence-electron chi connectivity index (χ0n) is 8.47. The fraction of sp³-hybridized carbons (Fsp3) is 0.500. The summed E-state index contributed by atoms with van der Waals surface area (Å²) in [6.07, 6.45) is 5.37. The van der Waals surface area contributed by atoms with Crippen molar-refractivity contribution < 1.29 is 9.53 Å². The van der Waals surface area contributed by atoms with Gasteiger partial charge in [-0.25, -0.2) is 9.78 Å². The molecule has 0 spiro atoms. The number of carbonyl (C=O) groups is 1. The average Bonchev–Trinajstić information content (AvgIpc) is 3.04. The van der Waals surface area contributed by atoms with E-state index in [1.54, 1.807) is 6.20 Å². The second-order valence-electron chi connectivity index (χ2n) is 3.67. The van der Waals surface area contributed by atoms with Crippen molar-refractivity contribution in [2.24, 2.45) is 5.92 Å². The predicted molar refractivity (Wildman–Crippen MR) is 52.6 cm³/mol. The number of aromatic nitrogens is 2. The zero-order chi connectivity index (χ0) is 10.8. The van der Waals surface area contributed by atoms with E-state index in [1.165, 1.54) is 17.9 Å². The van der Waals surface area contributed by atoms with Crippen LogP contribution in [0, 0.1) is 5.92 Å². The predicted octanol–water partition coefficient (Wildman–Crippen LogP) is 0.440. The fourth-order valence-electron chi connectivity index (χ4n) is 1.41. The molecule has 1 heterocycles. The number of ether oxygens (including phenoxy) is 1. The molecule has 2 rings (SSSR count). The Labute approximate surface area is 86.7 Å². The summed E-state index contributed by atoms with van der Waals surface area (Å²) in [5.41, 5.74) is -0.503. The number of nitrogens with zero attached hydrogens (tertiary/aromatic N) is 2. The van der Waals surface area contributed by atoms with E-state index in [0.717, 1.165) is 12.8 Å². The summed E-state index contributed by atoms with van der Waals surface area (Å²) >= 11 is 0. The molecule has 0 bridgehead atoms. The number of hydrogen-bond acceptors (Lipinski definition) is 4. The molecule has 1 aromatic rings. The Morgan fingerprint density at radius 2 is 2.40 bits per heavy atom. The fourth-order valence-corrected chi connectivity index (χ4v) is 1.41. The lowest BCUT2D eigenvalue weighted by Crippen LogP contribution is -2.28. The Morgan fingerprint density at radius 1 is 1.67 bits per heavy atom. The van der Waals surface area contributed by atoms with Gasteiger partial charge in [-0.15, -0.1) is 0 Å². The third-order valence-corrected chi connectivity index (χ3v) is 2.44. The largest absolute Gasteiger partial charge is 0.464 e. The van der Waals surface area contributed by atoms with Crippen molar-refractivity contribution in [3.63, 3.8) is 0 Å². The third-order valence-electron chi connectivity index (χ3n) is 2.44. The number of rotatable bonds is 3. The van der Waals surface area contributed by atoms with Gasteiger partial charge in [0.1, 0.15) is 0 Å². The van der Waals surface area contributed by atoms with Gasteiger partial charge in [0.25, 0.3) is 5.56 Å². The van der Waals surface area contributed by atoms with Gasteiger partial charge in [-0.2, -0.15) is 0 Å². The first-order valence-corrected chi connectivity index (χ1v) is 4.86. The summed E-state index contributed by atoms with van der Waals surface area (Å²) in [6.45, 7) is 0.672. The summed E-state index contributed by atoms with van der Waals surface area (Å²) in [5.74, 6) is -0.0965. The molecule has 5 heteroatoms. The number of esters is 1. The van der Waals surface area contributed by atoms with E-state index < -0.39 is 5.97 Å². The molecule has 0 saturated heterocycles. The molecule has 0 N–H and O–H groups in total. The highest BCUT2D eigenvalue weighted by Crippen LogP contribution is 2.29. The Bertz CT molecular complexity index is 435. The van der Waals surface area contributed by atoms with E-state index in [1.807, 2.05) is 0 Å². The van der Waals surface area contributed by atoms with E-state index in [2.05, 4.69) is 9.72 Å². The first-order chi connectivity index (χ1) is 7.22. The van der Waals surface area contributed by atoms with Crippen LogP contribution in [0.25, 0.3) is 0 Å². The maximum atomic E-state index is 11.7. The van der Waals surface area contributed by atoms with E-state index >= 15 is 0 Å². The van der Waals surface area contributed by atoms with Crippen LogP contribution in [0.15, 0.2) is 17.2 Å². The van der Waals surface area contributed by atoms with Gasteiger partial charge in [0.05, 0.1) is 7.11 Å². The third kappa shape index (κ3) is 2.06. The lowest BCUT2D eigenvalue weighted by molar-refractivity contribution is 0.0590. The number of hydrogen-bond donors (Lipinski definition) is 0. The molecule has 80 valence electrons. The molecule has 0 atom stereocenters. The van der Waals surface area contributed by atoms with Crippen molar-refractivity contribution in [3.05, 3.63) is 28.4 Å². The van der Waals surface area contributed by atoms with Gasteiger partial charge >= 0.3 is 5.97 Å². The van der Waals surface area contributed by atoms with Gasteiger partial charge in [0, 0.05) is 18.9 Å². The molecule has 1 aliphatic rings. The molecule has 0 amide bonds. The van der Waals surface area contributed by atoms with Crippen LogP contribution in [0.2, 0.25) is 0 Å². The Hall–Kier alpha value is -1.65. The molecule has 0 aromatic carbocycles. The van der Waals surface area contributed by atoms with Crippen LogP contribution in [0.1, 0.15) is 23.3 Å². The van der Waals surface area contributed by atoms with Crippen LogP contribution >= 0.6 is 0 Å². The van der Waals surface area contributed by atoms with E-state index in [4.69, 9.17) is 0 Å². The van der Waals surface area contributed by atoms with Gasteiger partial charge in [-0.3, -0.25) is 4.79 Å². The maximum Gasteiger partial charge on any atom is 0.362 e. The highest BCUT2D eigenvalue weighted by molar-refractivity contribution is 5.86. The second-order valence-corrected chi connectivity index (χ2v) is 3.67. The normalized spacial score (nSPS) is 15.0. The van der Waals surface area contributed by atoms with Gasteiger partial charge in [0.15, 0.2) is 0 Å². The molecule has 1 aliphatic carbocycles. The van der Waals surface area contributed by atoms with Crippen molar-refractivity contribution >= 4 is 5.97 Å². The first-order valence-electron chi connectivity index (χ1n) is 4.86.